The first-order valence-corrected chi connectivity index (χ1v) is 9.96. The van der Waals surface area contributed by atoms with Crippen molar-refractivity contribution in [3.8, 4) is 22.4 Å². The molecule has 2 nitrogen and oxygen atoms in total. The molecule has 0 spiro atoms. The van der Waals surface area contributed by atoms with Crippen molar-refractivity contribution < 1.29 is 4.79 Å². The number of fused-ring (bicyclic) bond motifs is 1. The first-order chi connectivity index (χ1) is 14.8. The van der Waals surface area contributed by atoms with Crippen LogP contribution in [0.2, 0.25) is 0 Å². The predicted octanol–water partition coefficient (Wildman–Crippen LogP) is 6.80. The monoisotopic (exact) mass is 385 g/mol. The molecule has 0 unspecified atom stereocenters. The maximum atomic E-state index is 13.8. The quantitative estimate of drug-likeness (QED) is 0.318. The van der Waals surface area contributed by atoms with E-state index >= 15 is 0 Å². The highest BCUT2D eigenvalue weighted by Crippen LogP contribution is 2.38. The number of rotatable bonds is 4. The van der Waals surface area contributed by atoms with E-state index in [9.17, 15) is 4.79 Å². The van der Waals surface area contributed by atoms with Crippen LogP contribution < -0.4 is 0 Å². The fraction of sp³-hybridized carbons (Fsp3) is 0. The molecule has 0 atom stereocenters. The van der Waals surface area contributed by atoms with Gasteiger partial charge in [0.05, 0.1) is 16.8 Å². The summed E-state index contributed by atoms with van der Waals surface area (Å²) in [5, 5.41) is 0.975. The van der Waals surface area contributed by atoms with E-state index in [0.717, 1.165) is 27.6 Å². The molecule has 0 bridgehead atoms. The standard InChI is InChI=1S/C28H19NO/c30-28(22-16-8-3-9-17-22)26-25(20-12-4-1-5-13-20)23-18-10-11-19-24(23)29-27(26)21-14-6-2-7-15-21/h1-19H. The average molecular weight is 385 g/mol. The van der Waals surface area contributed by atoms with Gasteiger partial charge in [-0.05, 0) is 11.6 Å². The van der Waals surface area contributed by atoms with Gasteiger partial charge in [0, 0.05) is 22.1 Å². The largest absolute Gasteiger partial charge is 0.289 e. The Hall–Kier alpha value is -4.04. The van der Waals surface area contributed by atoms with Gasteiger partial charge < -0.3 is 0 Å². The van der Waals surface area contributed by atoms with Crippen molar-refractivity contribution in [3.63, 3.8) is 0 Å². The zero-order valence-corrected chi connectivity index (χ0v) is 16.3. The zero-order chi connectivity index (χ0) is 20.3. The molecule has 5 aromatic rings. The van der Waals surface area contributed by atoms with Crippen LogP contribution in [-0.4, -0.2) is 10.8 Å². The topological polar surface area (TPSA) is 30.0 Å². The van der Waals surface area contributed by atoms with E-state index in [1.165, 1.54) is 0 Å². The van der Waals surface area contributed by atoms with Crippen molar-refractivity contribution in [2.45, 2.75) is 0 Å². The number of carbonyl (C=O) groups is 1. The van der Waals surface area contributed by atoms with E-state index in [4.69, 9.17) is 4.98 Å². The van der Waals surface area contributed by atoms with Gasteiger partial charge in [-0.25, -0.2) is 4.98 Å². The SMILES string of the molecule is O=C(c1ccccc1)c1c(-c2ccccc2)nc2ccccc2c1-c1ccccc1. The number of nitrogens with zero attached hydrogens (tertiary/aromatic N) is 1. The van der Waals surface area contributed by atoms with Gasteiger partial charge >= 0.3 is 0 Å². The number of pyridine rings is 1. The molecule has 0 radical (unpaired) electrons. The van der Waals surface area contributed by atoms with Gasteiger partial charge in [-0.1, -0.05) is 109 Å². The summed E-state index contributed by atoms with van der Waals surface area (Å²) in [6, 6.07) is 37.5. The van der Waals surface area contributed by atoms with Crippen LogP contribution in [0.15, 0.2) is 115 Å². The highest BCUT2D eigenvalue weighted by Gasteiger charge is 2.24. The molecule has 2 heteroatoms. The number of hydrogen-bond acceptors (Lipinski definition) is 2. The number of aromatic nitrogens is 1. The summed E-state index contributed by atoms with van der Waals surface area (Å²) in [5.41, 5.74) is 5.74. The first kappa shape index (κ1) is 18.0. The van der Waals surface area contributed by atoms with Crippen LogP contribution in [0, 0.1) is 0 Å². The normalized spacial score (nSPS) is 10.8. The molecule has 1 heterocycles. The summed E-state index contributed by atoms with van der Waals surface area (Å²) < 4.78 is 0. The molecule has 0 saturated carbocycles. The summed E-state index contributed by atoms with van der Waals surface area (Å²) in [6.45, 7) is 0. The summed E-state index contributed by atoms with van der Waals surface area (Å²) >= 11 is 0. The van der Waals surface area contributed by atoms with Gasteiger partial charge in [-0.15, -0.1) is 0 Å². The lowest BCUT2D eigenvalue weighted by Gasteiger charge is -2.17. The molecular formula is C28H19NO. The second kappa shape index (κ2) is 7.76. The number of carbonyl (C=O) groups excluding carboxylic acids is 1. The van der Waals surface area contributed by atoms with E-state index < -0.39 is 0 Å². The van der Waals surface area contributed by atoms with E-state index in [2.05, 4.69) is 12.1 Å². The number of para-hydroxylation sites is 1. The summed E-state index contributed by atoms with van der Waals surface area (Å²) in [5.74, 6) is -0.0217. The Balaban J connectivity index is 1.92. The second-order valence-corrected chi connectivity index (χ2v) is 7.15. The van der Waals surface area contributed by atoms with Gasteiger partial charge in [0.25, 0.3) is 0 Å². The van der Waals surface area contributed by atoms with E-state index in [1.54, 1.807) is 0 Å². The lowest BCUT2D eigenvalue weighted by atomic mass is 9.88. The maximum absolute atomic E-state index is 13.8. The zero-order valence-electron chi connectivity index (χ0n) is 16.3. The molecule has 4 aromatic carbocycles. The molecule has 0 saturated heterocycles. The van der Waals surface area contributed by atoms with Crippen molar-refractivity contribution in [2.75, 3.05) is 0 Å². The van der Waals surface area contributed by atoms with Gasteiger partial charge in [0.15, 0.2) is 5.78 Å². The molecule has 30 heavy (non-hydrogen) atoms. The molecule has 142 valence electrons. The Morgan fingerprint density at radius 2 is 1.10 bits per heavy atom. The number of benzene rings is 4. The van der Waals surface area contributed by atoms with Crippen molar-refractivity contribution in [1.82, 2.24) is 4.98 Å². The molecule has 0 aliphatic rings. The minimum absolute atomic E-state index is 0.0217. The van der Waals surface area contributed by atoms with Crippen LogP contribution >= 0.6 is 0 Å². The van der Waals surface area contributed by atoms with Crippen molar-refractivity contribution in [1.29, 1.82) is 0 Å². The fourth-order valence-electron chi connectivity index (χ4n) is 3.88. The van der Waals surface area contributed by atoms with Crippen LogP contribution in [0.25, 0.3) is 33.3 Å². The Morgan fingerprint density at radius 3 is 1.77 bits per heavy atom. The minimum atomic E-state index is -0.0217. The average Bonchev–Trinajstić information content (AvgIpc) is 2.84. The number of ketones is 1. The summed E-state index contributed by atoms with van der Waals surface area (Å²) in [6.07, 6.45) is 0. The molecule has 0 aliphatic heterocycles. The highest BCUT2D eigenvalue weighted by molar-refractivity contribution is 6.20. The van der Waals surface area contributed by atoms with Crippen molar-refractivity contribution in [3.05, 3.63) is 126 Å². The Morgan fingerprint density at radius 1 is 0.567 bits per heavy atom. The van der Waals surface area contributed by atoms with Crippen LogP contribution in [0.4, 0.5) is 0 Å². The molecule has 1 aromatic heterocycles. The molecule has 0 aliphatic carbocycles. The fourth-order valence-corrected chi connectivity index (χ4v) is 3.88. The van der Waals surface area contributed by atoms with Crippen molar-refractivity contribution >= 4 is 16.7 Å². The van der Waals surface area contributed by atoms with E-state index in [0.29, 0.717) is 16.8 Å². The third-order valence-electron chi connectivity index (χ3n) is 5.27. The smallest absolute Gasteiger partial charge is 0.195 e. The van der Waals surface area contributed by atoms with Crippen LogP contribution in [-0.2, 0) is 0 Å². The van der Waals surface area contributed by atoms with Crippen LogP contribution in [0.3, 0.4) is 0 Å². The molecular weight excluding hydrogens is 366 g/mol. The molecule has 0 amide bonds. The van der Waals surface area contributed by atoms with E-state index in [1.807, 2.05) is 103 Å². The van der Waals surface area contributed by atoms with E-state index in [-0.39, 0.29) is 5.78 Å². The van der Waals surface area contributed by atoms with Crippen LogP contribution in [0.5, 0.6) is 0 Å². The van der Waals surface area contributed by atoms with Gasteiger partial charge in [0.1, 0.15) is 0 Å². The molecule has 0 N–H and O–H groups in total. The minimum Gasteiger partial charge on any atom is -0.289 e. The first-order valence-electron chi connectivity index (χ1n) is 9.96. The maximum Gasteiger partial charge on any atom is 0.195 e. The predicted molar refractivity (Wildman–Crippen MR) is 122 cm³/mol. The number of hydrogen-bond donors (Lipinski definition) is 0. The Labute approximate surface area is 175 Å². The lowest BCUT2D eigenvalue weighted by Crippen LogP contribution is -2.08. The highest BCUT2D eigenvalue weighted by atomic mass is 16.1. The van der Waals surface area contributed by atoms with Gasteiger partial charge in [0.2, 0.25) is 0 Å². The lowest BCUT2D eigenvalue weighted by molar-refractivity contribution is 0.104. The Kier molecular flexibility index (Phi) is 4.66. The molecule has 5 rings (SSSR count). The summed E-state index contributed by atoms with van der Waals surface area (Å²) in [4.78, 5) is 18.8. The third-order valence-corrected chi connectivity index (χ3v) is 5.27. The van der Waals surface area contributed by atoms with Gasteiger partial charge in [-0.3, -0.25) is 4.79 Å². The third kappa shape index (κ3) is 3.19. The Bertz CT molecular complexity index is 1330. The summed E-state index contributed by atoms with van der Waals surface area (Å²) in [7, 11) is 0. The van der Waals surface area contributed by atoms with Gasteiger partial charge in [-0.2, -0.15) is 0 Å². The van der Waals surface area contributed by atoms with Crippen molar-refractivity contribution in [2.24, 2.45) is 0 Å². The van der Waals surface area contributed by atoms with Crippen LogP contribution in [0.1, 0.15) is 15.9 Å². The second-order valence-electron chi connectivity index (χ2n) is 7.15. The molecule has 0 fully saturated rings.